The molecule has 0 aliphatic heterocycles. The molecule has 4 heteroatoms. The molecule has 0 saturated heterocycles. The second-order valence-electron chi connectivity index (χ2n) is 6.52. The third-order valence-electron chi connectivity index (χ3n) is 4.83. The van der Waals surface area contributed by atoms with Gasteiger partial charge in [-0.3, -0.25) is 9.59 Å². The van der Waals surface area contributed by atoms with Crippen LogP contribution in [0, 0.1) is 11.8 Å². The number of para-hydroxylation sites is 1. The minimum atomic E-state index is -0.140. The Morgan fingerprint density at radius 2 is 1.88 bits per heavy atom. The molecule has 0 bridgehead atoms. The lowest BCUT2D eigenvalue weighted by Crippen LogP contribution is -2.20. The zero-order valence-corrected chi connectivity index (χ0v) is 14.5. The molecular formula is C20H28O4. The van der Waals surface area contributed by atoms with E-state index in [1.165, 1.54) is 7.11 Å². The number of unbranched alkanes of at least 4 members (excludes halogenated alkanes) is 3. The van der Waals surface area contributed by atoms with E-state index in [0.29, 0.717) is 31.1 Å². The molecule has 1 aromatic carbocycles. The Labute approximate surface area is 144 Å². The van der Waals surface area contributed by atoms with Crippen molar-refractivity contribution in [1.82, 2.24) is 0 Å². The zero-order valence-electron chi connectivity index (χ0n) is 14.5. The van der Waals surface area contributed by atoms with Crippen molar-refractivity contribution in [3.63, 3.8) is 0 Å². The van der Waals surface area contributed by atoms with Gasteiger partial charge in [-0.15, -0.1) is 0 Å². The van der Waals surface area contributed by atoms with Crippen LogP contribution >= 0.6 is 0 Å². The van der Waals surface area contributed by atoms with Crippen LogP contribution in [0.1, 0.15) is 51.4 Å². The molecule has 0 aromatic heterocycles. The second-order valence-corrected chi connectivity index (χ2v) is 6.52. The van der Waals surface area contributed by atoms with E-state index in [2.05, 4.69) is 4.74 Å². The van der Waals surface area contributed by atoms with Gasteiger partial charge in [-0.1, -0.05) is 37.5 Å². The van der Waals surface area contributed by atoms with Crippen molar-refractivity contribution in [1.29, 1.82) is 0 Å². The van der Waals surface area contributed by atoms with Crippen molar-refractivity contribution < 1.29 is 19.1 Å². The number of benzene rings is 1. The molecule has 1 aliphatic rings. The maximum absolute atomic E-state index is 12.1. The lowest BCUT2D eigenvalue weighted by atomic mass is 9.90. The number of esters is 1. The first-order chi connectivity index (χ1) is 11.7. The quantitative estimate of drug-likeness (QED) is 0.476. The summed E-state index contributed by atoms with van der Waals surface area (Å²) in [7, 11) is 1.42. The Morgan fingerprint density at radius 1 is 1.12 bits per heavy atom. The summed E-state index contributed by atoms with van der Waals surface area (Å²) in [5.41, 5.74) is 0. The number of ether oxygens (including phenoxy) is 2. The minimum absolute atomic E-state index is 0.140. The van der Waals surface area contributed by atoms with Gasteiger partial charge in [-0.05, 0) is 31.4 Å². The first-order valence-corrected chi connectivity index (χ1v) is 8.98. The lowest BCUT2D eigenvalue weighted by Gasteiger charge is -2.19. The Balaban J connectivity index is 1.66. The van der Waals surface area contributed by atoms with Crippen molar-refractivity contribution in [2.75, 3.05) is 13.7 Å². The fraction of sp³-hybridized carbons (Fsp3) is 0.600. The number of rotatable bonds is 10. The van der Waals surface area contributed by atoms with Crippen molar-refractivity contribution in [2.45, 2.75) is 51.4 Å². The Kier molecular flexibility index (Phi) is 7.80. The molecule has 2 rings (SSSR count). The largest absolute Gasteiger partial charge is 0.493 e. The van der Waals surface area contributed by atoms with Crippen LogP contribution in [0.5, 0.6) is 5.75 Å². The Hall–Kier alpha value is -1.84. The zero-order chi connectivity index (χ0) is 17.2. The predicted molar refractivity (Wildman–Crippen MR) is 92.9 cm³/mol. The lowest BCUT2D eigenvalue weighted by molar-refractivity contribution is -0.140. The molecule has 1 aromatic rings. The maximum atomic E-state index is 12.1. The maximum Gasteiger partial charge on any atom is 0.305 e. The van der Waals surface area contributed by atoms with Gasteiger partial charge in [0.25, 0.3) is 0 Å². The summed E-state index contributed by atoms with van der Waals surface area (Å²) in [5.74, 6) is 1.62. The molecule has 0 heterocycles. The molecule has 1 aliphatic carbocycles. The fourth-order valence-electron chi connectivity index (χ4n) is 3.38. The van der Waals surface area contributed by atoms with E-state index >= 15 is 0 Å². The van der Waals surface area contributed by atoms with Crippen LogP contribution in [0.2, 0.25) is 0 Å². The highest BCUT2D eigenvalue weighted by Crippen LogP contribution is 2.33. The standard InChI is InChI=1S/C20H28O4/c1-23-20(22)12-8-3-2-7-11-18-16(13-14-19(18)21)15-24-17-9-5-4-6-10-17/h4-6,9-10,16,18H,2-3,7-8,11-15H2,1H3. The van der Waals surface area contributed by atoms with Gasteiger partial charge in [0, 0.05) is 24.7 Å². The second kappa shape index (κ2) is 10.1. The summed E-state index contributed by atoms with van der Waals surface area (Å²) < 4.78 is 10.5. The summed E-state index contributed by atoms with van der Waals surface area (Å²) in [6.07, 6.45) is 7.06. The summed E-state index contributed by atoms with van der Waals surface area (Å²) in [6.45, 7) is 0.628. The first-order valence-electron chi connectivity index (χ1n) is 8.98. The van der Waals surface area contributed by atoms with Gasteiger partial charge in [-0.25, -0.2) is 0 Å². The minimum Gasteiger partial charge on any atom is -0.493 e. The van der Waals surface area contributed by atoms with Crippen molar-refractivity contribution in [3.8, 4) is 5.75 Å². The summed E-state index contributed by atoms with van der Waals surface area (Å²) >= 11 is 0. The van der Waals surface area contributed by atoms with E-state index in [1.54, 1.807) is 0 Å². The molecule has 1 fully saturated rings. The average molecular weight is 332 g/mol. The van der Waals surface area contributed by atoms with Gasteiger partial charge in [0.15, 0.2) is 0 Å². The average Bonchev–Trinajstić information content (AvgIpc) is 2.96. The summed E-state index contributed by atoms with van der Waals surface area (Å²) in [5, 5.41) is 0. The smallest absolute Gasteiger partial charge is 0.305 e. The summed E-state index contributed by atoms with van der Waals surface area (Å²) in [4.78, 5) is 23.2. The number of carbonyl (C=O) groups is 2. The van der Waals surface area contributed by atoms with Crippen LogP contribution in [-0.2, 0) is 14.3 Å². The predicted octanol–water partition coefficient (Wildman–Crippen LogP) is 4.17. The van der Waals surface area contributed by atoms with Gasteiger partial charge in [0.05, 0.1) is 13.7 Å². The molecule has 4 nitrogen and oxygen atoms in total. The van der Waals surface area contributed by atoms with Crippen molar-refractivity contribution in [3.05, 3.63) is 30.3 Å². The van der Waals surface area contributed by atoms with Crippen LogP contribution in [0.3, 0.4) is 0 Å². The first kappa shape index (κ1) is 18.5. The SMILES string of the molecule is COC(=O)CCCCCCC1C(=O)CCC1COc1ccccc1. The highest BCUT2D eigenvalue weighted by Gasteiger charge is 2.34. The molecule has 1 saturated carbocycles. The van der Waals surface area contributed by atoms with Gasteiger partial charge in [-0.2, -0.15) is 0 Å². The number of Topliss-reactive ketones (excluding diaryl/α,β-unsaturated/α-hetero) is 1. The molecule has 24 heavy (non-hydrogen) atoms. The Morgan fingerprint density at radius 3 is 2.62 bits per heavy atom. The molecule has 2 unspecified atom stereocenters. The van der Waals surface area contributed by atoms with E-state index in [9.17, 15) is 9.59 Å². The van der Waals surface area contributed by atoms with Crippen LogP contribution < -0.4 is 4.74 Å². The van der Waals surface area contributed by atoms with Gasteiger partial charge >= 0.3 is 5.97 Å². The van der Waals surface area contributed by atoms with Crippen molar-refractivity contribution >= 4 is 11.8 Å². The number of hydrogen-bond acceptors (Lipinski definition) is 4. The molecule has 2 atom stereocenters. The molecular weight excluding hydrogens is 304 g/mol. The molecule has 0 spiro atoms. The van der Waals surface area contributed by atoms with Crippen LogP contribution in [0.15, 0.2) is 30.3 Å². The number of carbonyl (C=O) groups excluding carboxylic acids is 2. The highest BCUT2D eigenvalue weighted by molar-refractivity contribution is 5.83. The Bertz CT molecular complexity index is 512. The molecule has 0 radical (unpaired) electrons. The normalized spacial score (nSPS) is 20.1. The molecule has 0 N–H and O–H groups in total. The van der Waals surface area contributed by atoms with E-state index < -0.39 is 0 Å². The third kappa shape index (κ3) is 5.99. The van der Waals surface area contributed by atoms with Crippen LogP contribution in [-0.4, -0.2) is 25.5 Å². The van der Waals surface area contributed by atoms with E-state index in [0.717, 1.165) is 44.3 Å². The fourth-order valence-corrected chi connectivity index (χ4v) is 3.38. The number of methoxy groups -OCH3 is 1. The molecule has 0 amide bonds. The van der Waals surface area contributed by atoms with E-state index in [1.807, 2.05) is 30.3 Å². The third-order valence-corrected chi connectivity index (χ3v) is 4.83. The number of ketones is 1. The van der Waals surface area contributed by atoms with Gasteiger partial charge in [0.1, 0.15) is 11.5 Å². The molecule has 132 valence electrons. The van der Waals surface area contributed by atoms with E-state index in [4.69, 9.17) is 4.74 Å². The van der Waals surface area contributed by atoms with E-state index in [-0.39, 0.29) is 11.9 Å². The van der Waals surface area contributed by atoms with Crippen LogP contribution in [0.25, 0.3) is 0 Å². The monoisotopic (exact) mass is 332 g/mol. The summed E-state index contributed by atoms with van der Waals surface area (Å²) in [6, 6.07) is 9.79. The van der Waals surface area contributed by atoms with Crippen molar-refractivity contribution in [2.24, 2.45) is 11.8 Å². The van der Waals surface area contributed by atoms with Gasteiger partial charge in [0.2, 0.25) is 0 Å². The number of hydrogen-bond donors (Lipinski definition) is 0. The van der Waals surface area contributed by atoms with Crippen LogP contribution in [0.4, 0.5) is 0 Å². The van der Waals surface area contributed by atoms with Gasteiger partial charge < -0.3 is 9.47 Å². The highest BCUT2D eigenvalue weighted by atomic mass is 16.5. The topological polar surface area (TPSA) is 52.6 Å².